The Balaban J connectivity index is 1.95. The van der Waals surface area contributed by atoms with Crippen LogP contribution >= 0.6 is 11.8 Å². The van der Waals surface area contributed by atoms with Gasteiger partial charge in [-0.2, -0.15) is 0 Å². The van der Waals surface area contributed by atoms with E-state index in [1.54, 1.807) is 17.8 Å². The minimum atomic E-state index is 0.0912. The molecule has 0 aliphatic carbocycles. The van der Waals surface area contributed by atoms with Gasteiger partial charge in [0.25, 0.3) is 0 Å². The molecule has 0 saturated carbocycles. The molecule has 0 unspecified atom stereocenters. The van der Waals surface area contributed by atoms with Gasteiger partial charge in [-0.25, -0.2) is 0 Å². The first kappa shape index (κ1) is 15.7. The van der Waals surface area contributed by atoms with Gasteiger partial charge in [0.15, 0.2) is 0 Å². The van der Waals surface area contributed by atoms with Gasteiger partial charge in [-0.1, -0.05) is 23.0 Å². The molecule has 0 amide bonds. The van der Waals surface area contributed by atoms with Gasteiger partial charge in [0.05, 0.1) is 5.71 Å². The van der Waals surface area contributed by atoms with E-state index in [-0.39, 0.29) is 11.5 Å². The molecule has 0 atom stereocenters. The van der Waals surface area contributed by atoms with Crippen LogP contribution in [0.4, 0.5) is 0 Å². The number of nitrogens with zero attached hydrogens (tertiary/aromatic N) is 1. The maximum atomic E-state index is 10.1. The summed E-state index contributed by atoms with van der Waals surface area (Å²) in [6.45, 7) is 4.39. The number of aromatic hydroxyl groups is 2. The molecule has 0 aromatic heterocycles. The molecule has 3 rings (SSSR count). The Hall–Kier alpha value is -2.14. The van der Waals surface area contributed by atoms with E-state index in [0.29, 0.717) is 6.61 Å². The Morgan fingerprint density at radius 2 is 2.00 bits per heavy atom. The number of oxime groups is 1. The Bertz CT molecular complexity index is 771. The summed E-state index contributed by atoms with van der Waals surface area (Å²) in [4.78, 5) is 7.17. The fourth-order valence-electron chi connectivity index (χ4n) is 2.65. The molecule has 4 nitrogen and oxygen atoms in total. The second-order valence-electron chi connectivity index (χ2n) is 5.46. The van der Waals surface area contributed by atoms with Crippen molar-refractivity contribution in [2.24, 2.45) is 5.16 Å². The molecule has 1 aliphatic heterocycles. The highest BCUT2D eigenvalue weighted by Crippen LogP contribution is 2.42. The van der Waals surface area contributed by atoms with E-state index in [1.807, 2.05) is 19.9 Å². The maximum absolute atomic E-state index is 10.1. The van der Waals surface area contributed by atoms with E-state index in [1.165, 1.54) is 11.6 Å². The Kier molecular flexibility index (Phi) is 4.48. The first-order valence-electron chi connectivity index (χ1n) is 7.61. The number of phenolic OH excluding ortho intramolecular Hbond substituents is 2. The van der Waals surface area contributed by atoms with Gasteiger partial charge in [-0.3, -0.25) is 0 Å². The molecule has 0 radical (unpaired) electrons. The predicted molar refractivity (Wildman–Crippen MR) is 91.6 cm³/mol. The minimum Gasteiger partial charge on any atom is -0.508 e. The summed E-state index contributed by atoms with van der Waals surface area (Å²) in [5.41, 5.74) is 4.00. The molecule has 1 heterocycles. The van der Waals surface area contributed by atoms with Crippen LogP contribution in [0.1, 0.15) is 30.5 Å². The topological polar surface area (TPSA) is 62.0 Å². The van der Waals surface area contributed by atoms with Crippen LogP contribution in [0.3, 0.4) is 0 Å². The molecular formula is C18H19NO3S. The lowest BCUT2D eigenvalue weighted by Gasteiger charge is -2.09. The van der Waals surface area contributed by atoms with Crippen LogP contribution in [-0.2, 0) is 17.7 Å². The number of fused-ring (bicyclic) bond motifs is 2. The lowest BCUT2D eigenvalue weighted by molar-refractivity contribution is 0.159. The molecule has 2 N–H and O–H groups in total. The number of hydrogen-bond acceptors (Lipinski definition) is 5. The van der Waals surface area contributed by atoms with Crippen LogP contribution < -0.4 is 0 Å². The lowest BCUT2D eigenvalue weighted by atomic mass is 10.0. The molecular weight excluding hydrogens is 310 g/mol. The molecule has 2 aromatic carbocycles. The van der Waals surface area contributed by atoms with E-state index in [9.17, 15) is 10.2 Å². The van der Waals surface area contributed by atoms with Gasteiger partial charge >= 0.3 is 0 Å². The first-order valence-corrected chi connectivity index (χ1v) is 8.42. The van der Waals surface area contributed by atoms with Crippen molar-refractivity contribution >= 4 is 17.5 Å². The second kappa shape index (κ2) is 6.54. The van der Waals surface area contributed by atoms with E-state index in [4.69, 9.17) is 4.84 Å². The smallest absolute Gasteiger partial charge is 0.123 e. The van der Waals surface area contributed by atoms with Crippen molar-refractivity contribution in [1.82, 2.24) is 0 Å². The van der Waals surface area contributed by atoms with Crippen molar-refractivity contribution in [3.63, 3.8) is 0 Å². The normalized spacial score (nSPS) is 13.9. The van der Waals surface area contributed by atoms with Crippen molar-refractivity contribution in [2.45, 2.75) is 36.5 Å². The largest absolute Gasteiger partial charge is 0.508 e. The number of benzene rings is 2. The predicted octanol–water partition coefficient (Wildman–Crippen LogP) is 4.11. The van der Waals surface area contributed by atoms with Crippen molar-refractivity contribution in [3.8, 4) is 11.5 Å². The minimum absolute atomic E-state index is 0.0912. The Labute approximate surface area is 139 Å². The second-order valence-corrected chi connectivity index (χ2v) is 6.54. The highest BCUT2D eigenvalue weighted by molar-refractivity contribution is 7.99. The van der Waals surface area contributed by atoms with Crippen molar-refractivity contribution < 1.29 is 15.1 Å². The highest BCUT2D eigenvalue weighted by Gasteiger charge is 2.18. The summed E-state index contributed by atoms with van der Waals surface area (Å²) in [6, 6.07) is 9.33. The van der Waals surface area contributed by atoms with Gasteiger partial charge in [-0.05, 0) is 56.0 Å². The van der Waals surface area contributed by atoms with E-state index < -0.39 is 0 Å². The average molecular weight is 329 g/mol. The fourth-order valence-corrected chi connectivity index (χ4v) is 3.83. The third-order valence-electron chi connectivity index (χ3n) is 3.84. The molecule has 0 saturated heterocycles. The van der Waals surface area contributed by atoms with Crippen LogP contribution in [0.5, 0.6) is 11.5 Å². The van der Waals surface area contributed by atoms with E-state index >= 15 is 0 Å². The number of aryl methyl sites for hydroxylation is 1. The summed E-state index contributed by atoms with van der Waals surface area (Å²) < 4.78 is 0. The van der Waals surface area contributed by atoms with Gasteiger partial charge in [0.1, 0.15) is 18.1 Å². The molecule has 5 heteroatoms. The molecule has 120 valence electrons. The molecule has 0 fully saturated rings. The quantitative estimate of drug-likeness (QED) is 0.657. The molecule has 1 aliphatic rings. The van der Waals surface area contributed by atoms with Crippen LogP contribution in [0, 0.1) is 0 Å². The molecule has 2 aromatic rings. The number of rotatable bonds is 3. The maximum Gasteiger partial charge on any atom is 0.123 e. The van der Waals surface area contributed by atoms with Gasteiger partial charge in [0.2, 0.25) is 0 Å². The van der Waals surface area contributed by atoms with Gasteiger partial charge in [0, 0.05) is 21.4 Å². The number of hydrogen-bond donors (Lipinski definition) is 2. The third-order valence-corrected chi connectivity index (χ3v) is 5.05. The van der Waals surface area contributed by atoms with Gasteiger partial charge in [-0.15, -0.1) is 0 Å². The van der Waals surface area contributed by atoms with Crippen molar-refractivity contribution in [2.75, 3.05) is 6.61 Å². The molecule has 0 bridgehead atoms. The first-order chi connectivity index (χ1) is 11.1. The summed E-state index contributed by atoms with van der Waals surface area (Å²) in [5, 5.41) is 23.9. The summed E-state index contributed by atoms with van der Waals surface area (Å²) in [5.74, 6) is 0.253. The summed E-state index contributed by atoms with van der Waals surface area (Å²) >= 11 is 1.58. The van der Waals surface area contributed by atoms with Crippen molar-refractivity contribution in [3.05, 3.63) is 47.0 Å². The zero-order valence-corrected chi connectivity index (χ0v) is 14.0. The van der Waals surface area contributed by atoms with Crippen LogP contribution in [0.15, 0.2) is 45.3 Å². The Morgan fingerprint density at radius 3 is 2.78 bits per heavy atom. The van der Waals surface area contributed by atoms with E-state index in [2.05, 4.69) is 17.3 Å². The van der Waals surface area contributed by atoms with Crippen molar-refractivity contribution in [1.29, 1.82) is 0 Å². The summed E-state index contributed by atoms with van der Waals surface area (Å²) in [7, 11) is 0. The van der Waals surface area contributed by atoms with Gasteiger partial charge < -0.3 is 15.1 Å². The monoisotopic (exact) mass is 329 g/mol. The average Bonchev–Trinajstić information content (AvgIpc) is 2.70. The third kappa shape index (κ3) is 3.29. The zero-order valence-electron chi connectivity index (χ0n) is 13.2. The lowest BCUT2D eigenvalue weighted by Crippen LogP contribution is -1.99. The van der Waals surface area contributed by atoms with E-state index in [0.717, 1.165) is 39.5 Å². The highest BCUT2D eigenvalue weighted by atomic mass is 32.2. The molecule has 23 heavy (non-hydrogen) atoms. The zero-order chi connectivity index (χ0) is 16.4. The SMILES string of the molecule is CCO/N=C(/C)c1ccc2c(c1)CCc1c(O)cc(O)cc1S2. The molecule has 0 spiro atoms. The standard InChI is InChI=1S/C18H19NO3S/c1-3-22-19-11(2)12-5-7-17-13(8-12)4-6-15-16(21)9-14(20)10-18(15)23-17/h5,7-10,20-21H,3-4,6H2,1-2H3/b19-11-. The Morgan fingerprint density at radius 1 is 1.17 bits per heavy atom. The van der Waals surface area contributed by atoms with Crippen LogP contribution in [0.2, 0.25) is 0 Å². The number of phenols is 2. The summed E-state index contributed by atoms with van der Waals surface area (Å²) in [6.07, 6.45) is 1.58. The fraction of sp³-hybridized carbons (Fsp3) is 0.278. The van der Waals surface area contributed by atoms with Crippen LogP contribution in [0.25, 0.3) is 0 Å². The van der Waals surface area contributed by atoms with Crippen LogP contribution in [-0.4, -0.2) is 22.5 Å².